The van der Waals surface area contributed by atoms with Gasteiger partial charge in [0, 0.05) is 6.04 Å². The number of imide groups is 1. The highest BCUT2D eigenvalue weighted by molar-refractivity contribution is 6.23. The number of furan rings is 1. The van der Waals surface area contributed by atoms with E-state index < -0.39 is 6.04 Å². The predicted octanol–water partition coefficient (Wildman–Crippen LogP) is 2.85. The highest BCUT2D eigenvalue weighted by Gasteiger charge is 2.46. The van der Waals surface area contributed by atoms with Gasteiger partial charge in [-0.1, -0.05) is 25.1 Å². The van der Waals surface area contributed by atoms with Gasteiger partial charge in [0.2, 0.25) is 5.91 Å². The van der Waals surface area contributed by atoms with Crippen LogP contribution >= 0.6 is 0 Å². The summed E-state index contributed by atoms with van der Waals surface area (Å²) in [5.41, 5.74) is 0.523. The lowest BCUT2D eigenvalue weighted by atomic mass is 10.1. The summed E-state index contributed by atoms with van der Waals surface area (Å²) in [5, 5.41) is 0. The summed E-state index contributed by atoms with van der Waals surface area (Å²) in [6.07, 6.45) is 2.06. The number of benzene rings is 1. The Morgan fingerprint density at radius 2 is 1.96 bits per heavy atom. The van der Waals surface area contributed by atoms with Crippen molar-refractivity contribution in [3.8, 4) is 0 Å². The quantitative estimate of drug-likeness (QED) is 0.785. The second-order valence-corrected chi connectivity index (χ2v) is 6.07. The van der Waals surface area contributed by atoms with Crippen LogP contribution < -0.4 is 4.90 Å². The number of hydrogen-bond donors (Lipinski definition) is 0. The minimum atomic E-state index is -0.819. The van der Waals surface area contributed by atoms with Crippen molar-refractivity contribution < 1.29 is 18.8 Å². The smallest absolute Gasteiger partial charge is 0.290 e. The monoisotopic (exact) mass is 340 g/mol. The molecule has 3 amide bonds. The molecule has 0 aliphatic carbocycles. The molecule has 0 radical (unpaired) electrons. The van der Waals surface area contributed by atoms with Crippen molar-refractivity contribution in [1.82, 2.24) is 4.90 Å². The normalized spacial score (nSPS) is 18.5. The maximum Gasteiger partial charge on any atom is 0.290 e. The van der Waals surface area contributed by atoms with Gasteiger partial charge in [0.15, 0.2) is 5.76 Å². The Balaban J connectivity index is 1.93. The zero-order valence-electron chi connectivity index (χ0n) is 14.2. The van der Waals surface area contributed by atoms with Gasteiger partial charge < -0.3 is 9.32 Å². The molecule has 0 spiro atoms. The van der Waals surface area contributed by atoms with Gasteiger partial charge in [-0.2, -0.15) is 0 Å². The van der Waals surface area contributed by atoms with Gasteiger partial charge in [0.1, 0.15) is 6.04 Å². The van der Waals surface area contributed by atoms with E-state index in [1.165, 1.54) is 11.2 Å². The van der Waals surface area contributed by atoms with Crippen LogP contribution in [0.4, 0.5) is 5.69 Å². The molecule has 1 saturated heterocycles. The Hall–Kier alpha value is -2.89. The molecular formula is C19H20N2O4. The number of carbonyl (C=O) groups is 3. The fourth-order valence-electron chi connectivity index (χ4n) is 3.05. The van der Waals surface area contributed by atoms with Gasteiger partial charge >= 0.3 is 0 Å². The first-order valence-corrected chi connectivity index (χ1v) is 8.32. The number of para-hydroxylation sites is 1. The third kappa shape index (κ3) is 3.07. The van der Waals surface area contributed by atoms with Crippen molar-refractivity contribution in [1.29, 1.82) is 0 Å². The van der Waals surface area contributed by atoms with E-state index in [2.05, 4.69) is 0 Å². The van der Waals surface area contributed by atoms with E-state index in [1.807, 2.05) is 19.9 Å². The molecule has 1 aromatic heterocycles. The van der Waals surface area contributed by atoms with Crippen molar-refractivity contribution in [3.05, 3.63) is 54.5 Å². The van der Waals surface area contributed by atoms with Crippen molar-refractivity contribution in [2.24, 2.45) is 0 Å². The average Bonchev–Trinajstić information content (AvgIpc) is 3.25. The van der Waals surface area contributed by atoms with E-state index >= 15 is 0 Å². The molecule has 25 heavy (non-hydrogen) atoms. The topological polar surface area (TPSA) is 70.8 Å². The van der Waals surface area contributed by atoms with Crippen LogP contribution in [-0.4, -0.2) is 34.7 Å². The highest BCUT2D eigenvalue weighted by Crippen LogP contribution is 2.28. The van der Waals surface area contributed by atoms with Gasteiger partial charge in [-0.3, -0.25) is 14.4 Å². The van der Waals surface area contributed by atoms with Gasteiger partial charge in [-0.25, -0.2) is 4.90 Å². The summed E-state index contributed by atoms with van der Waals surface area (Å²) in [4.78, 5) is 40.9. The van der Waals surface area contributed by atoms with Crippen LogP contribution in [0.1, 0.15) is 37.2 Å². The maximum absolute atomic E-state index is 12.9. The Labute approximate surface area is 146 Å². The summed E-state index contributed by atoms with van der Waals surface area (Å²) in [6.45, 7) is 3.80. The lowest BCUT2D eigenvalue weighted by Crippen LogP contribution is -2.49. The van der Waals surface area contributed by atoms with E-state index in [4.69, 9.17) is 4.42 Å². The van der Waals surface area contributed by atoms with Gasteiger partial charge in [0.25, 0.3) is 11.8 Å². The van der Waals surface area contributed by atoms with Crippen molar-refractivity contribution in [2.75, 3.05) is 4.90 Å². The van der Waals surface area contributed by atoms with Gasteiger partial charge in [-0.05, 0) is 37.6 Å². The predicted molar refractivity (Wildman–Crippen MR) is 92.0 cm³/mol. The first-order valence-electron chi connectivity index (χ1n) is 8.32. The molecule has 2 unspecified atom stereocenters. The minimum absolute atomic E-state index is 0.0233. The van der Waals surface area contributed by atoms with Gasteiger partial charge in [0.05, 0.1) is 18.4 Å². The molecule has 1 aliphatic heterocycles. The van der Waals surface area contributed by atoms with Crippen molar-refractivity contribution in [2.45, 2.75) is 38.8 Å². The lowest BCUT2D eigenvalue weighted by Gasteiger charge is -2.32. The Morgan fingerprint density at radius 1 is 1.24 bits per heavy atom. The Kier molecular flexibility index (Phi) is 4.70. The van der Waals surface area contributed by atoms with E-state index in [1.54, 1.807) is 36.4 Å². The fourth-order valence-corrected chi connectivity index (χ4v) is 3.05. The number of rotatable bonds is 5. The third-order valence-corrected chi connectivity index (χ3v) is 4.51. The molecule has 1 aromatic carbocycles. The molecule has 0 bridgehead atoms. The third-order valence-electron chi connectivity index (χ3n) is 4.51. The van der Waals surface area contributed by atoms with Crippen molar-refractivity contribution >= 4 is 23.4 Å². The zero-order valence-corrected chi connectivity index (χ0v) is 14.2. The molecule has 0 N–H and O–H groups in total. The molecule has 3 rings (SSSR count). The van der Waals surface area contributed by atoms with Crippen LogP contribution in [0.25, 0.3) is 0 Å². The molecule has 2 heterocycles. The van der Waals surface area contributed by atoms with Crippen LogP contribution in [0.3, 0.4) is 0 Å². The SMILES string of the molecule is CCC(C)N(C(=O)c1ccco1)C1CC(=O)N(c2ccccc2)C1=O. The number of nitrogens with zero attached hydrogens (tertiary/aromatic N) is 2. The molecular weight excluding hydrogens is 320 g/mol. The van der Waals surface area contributed by atoms with E-state index in [-0.39, 0.29) is 35.9 Å². The molecule has 2 aromatic rings. The van der Waals surface area contributed by atoms with Crippen LogP contribution in [-0.2, 0) is 9.59 Å². The largest absolute Gasteiger partial charge is 0.459 e. The van der Waals surface area contributed by atoms with Crippen LogP contribution in [0.2, 0.25) is 0 Å². The molecule has 1 fully saturated rings. The lowest BCUT2D eigenvalue weighted by molar-refractivity contribution is -0.122. The number of hydrogen-bond acceptors (Lipinski definition) is 4. The fraction of sp³-hybridized carbons (Fsp3) is 0.316. The average molecular weight is 340 g/mol. The van der Waals surface area contributed by atoms with E-state index in [0.717, 1.165) is 4.90 Å². The van der Waals surface area contributed by atoms with Gasteiger partial charge in [-0.15, -0.1) is 0 Å². The molecule has 0 saturated carbocycles. The molecule has 6 nitrogen and oxygen atoms in total. The van der Waals surface area contributed by atoms with Crippen LogP contribution in [0, 0.1) is 0 Å². The summed E-state index contributed by atoms with van der Waals surface area (Å²) < 4.78 is 5.20. The first kappa shape index (κ1) is 17.0. The summed E-state index contributed by atoms with van der Waals surface area (Å²) in [7, 11) is 0. The van der Waals surface area contributed by atoms with E-state index in [9.17, 15) is 14.4 Å². The minimum Gasteiger partial charge on any atom is -0.459 e. The number of carbonyl (C=O) groups excluding carboxylic acids is 3. The molecule has 1 aliphatic rings. The second kappa shape index (κ2) is 6.93. The summed E-state index contributed by atoms with van der Waals surface area (Å²) >= 11 is 0. The Morgan fingerprint density at radius 3 is 2.56 bits per heavy atom. The van der Waals surface area contributed by atoms with E-state index in [0.29, 0.717) is 12.1 Å². The first-order chi connectivity index (χ1) is 12.0. The molecule has 130 valence electrons. The molecule has 2 atom stereocenters. The summed E-state index contributed by atoms with van der Waals surface area (Å²) in [6, 6.07) is 10.9. The second-order valence-electron chi connectivity index (χ2n) is 6.07. The standard InChI is InChI=1S/C19H20N2O4/c1-3-13(2)20(19(24)16-10-7-11-25-16)15-12-17(22)21(18(15)23)14-8-5-4-6-9-14/h4-11,13,15H,3,12H2,1-2H3. The number of amides is 3. The molecule has 6 heteroatoms. The van der Waals surface area contributed by atoms with Crippen molar-refractivity contribution in [3.63, 3.8) is 0 Å². The summed E-state index contributed by atoms with van der Waals surface area (Å²) in [5.74, 6) is -0.891. The maximum atomic E-state index is 12.9. The van der Waals surface area contributed by atoms with Crippen LogP contribution in [0.15, 0.2) is 53.1 Å². The van der Waals surface area contributed by atoms with Crippen LogP contribution in [0.5, 0.6) is 0 Å². The highest BCUT2D eigenvalue weighted by atomic mass is 16.3. The number of anilines is 1. The Bertz CT molecular complexity index is 770. The zero-order chi connectivity index (χ0) is 18.0.